The van der Waals surface area contributed by atoms with Crippen LogP contribution in [0, 0.1) is 11.3 Å². The van der Waals surface area contributed by atoms with Gasteiger partial charge in [0.2, 0.25) is 10.0 Å². The summed E-state index contributed by atoms with van der Waals surface area (Å²) in [5, 5.41) is 8.89. The van der Waals surface area contributed by atoms with E-state index in [-0.39, 0.29) is 15.5 Å². The minimum atomic E-state index is -3.62. The molecule has 2 rings (SSSR count). The fraction of sp³-hybridized carbons (Fsp3) is 0.231. The standard InChI is InChI=1S/C13H13ClN4O2S/c14-13-8-12(3-2-11(13)9-15)21(19,20)17-4-1-6-18-7-5-16-10-18/h2-3,5,7-8,10,17H,1,4,6H2. The molecule has 21 heavy (non-hydrogen) atoms. The average molecular weight is 325 g/mol. The summed E-state index contributed by atoms with van der Waals surface area (Å²) >= 11 is 5.84. The summed E-state index contributed by atoms with van der Waals surface area (Å²) in [6.45, 7) is 0.981. The van der Waals surface area contributed by atoms with Crippen LogP contribution < -0.4 is 4.72 Å². The van der Waals surface area contributed by atoms with Crippen molar-refractivity contribution in [1.29, 1.82) is 5.26 Å². The van der Waals surface area contributed by atoms with Crippen molar-refractivity contribution in [2.45, 2.75) is 17.9 Å². The van der Waals surface area contributed by atoms with Gasteiger partial charge < -0.3 is 4.57 Å². The monoisotopic (exact) mass is 324 g/mol. The third-order valence-corrected chi connectivity index (χ3v) is 4.59. The first-order valence-electron chi connectivity index (χ1n) is 6.18. The number of nitrogens with one attached hydrogen (secondary N) is 1. The van der Waals surface area contributed by atoms with Gasteiger partial charge in [0.25, 0.3) is 0 Å². The Morgan fingerprint density at radius 3 is 2.86 bits per heavy atom. The molecule has 1 aromatic heterocycles. The number of hydrogen-bond donors (Lipinski definition) is 1. The van der Waals surface area contributed by atoms with Crippen LogP contribution in [-0.2, 0) is 16.6 Å². The molecular weight excluding hydrogens is 312 g/mol. The van der Waals surface area contributed by atoms with E-state index in [2.05, 4.69) is 9.71 Å². The molecule has 0 aliphatic rings. The number of aromatic nitrogens is 2. The second kappa shape index (κ2) is 6.72. The number of nitriles is 1. The number of halogens is 1. The van der Waals surface area contributed by atoms with Crippen LogP contribution in [0.2, 0.25) is 5.02 Å². The Hall–Kier alpha value is -1.88. The second-order valence-electron chi connectivity index (χ2n) is 4.31. The molecule has 110 valence electrons. The first kappa shape index (κ1) is 15.5. The summed E-state index contributed by atoms with van der Waals surface area (Å²) in [7, 11) is -3.62. The maximum Gasteiger partial charge on any atom is 0.240 e. The molecule has 2 aromatic rings. The van der Waals surface area contributed by atoms with E-state index in [0.29, 0.717) is 19.5 Å². The number of sulfonamides is 1. The molecule has 0 saturated heterocycles. The summed E-state index contributed by atoms with van der Waals surface area (Å²) in [6.07, 6.45) is 5.80. The lowest BCUT2D eigenvalue weighted by Crippen LogP contribution is -2.25. The fourth-order valence-corrected chi connectivity index (χ4v) is 3.11. The molecule has 0 fully saturated rings. The van der Waals surface area contributed by atoms with Crippen molar-refractivity contribution in [3.05, 3.63) is 47.5 Å². The molecule has 8 heteroatoms. The third-order valence-electron chi connectivity index (χ3n) is 2.82. The highest BCUT2D eigenvalue weighted by Gasteiger charge is 2.15. The van der Waals surface area contributed by atoms with Gasteiger partial charge in [-0.3, -0.25) is 0 Å². The van der Waals surface area contributed by atoms with Gasteiger partial charge in [0.1, 0.15) is 6.07 Å². The van der Waals surface area contributed by atoms with Crippen molar-refractivity contribution in [1.82, 2.24) is 14.3 Å². The molecule has 0 saturated carbocycles. The van der Waals surface area contributed by atoms with Crippen LogP contribution in [0.5, 0.6) is 0 Å². The highest BCUT2D eigenvalue weighted by atomic mass is 35.5. The summed E-state index contributed by atoms with van der Waals surface area (Å²) in [5.74, 6) is 0. The molecule has 0 unspecified atom stereocenters. The Morgan fingerprint density at radius 1 is 1.43 bits per heavy atom. The maximum atomic E-state index is 12.1. The number of hydrogen-bond acceptors (Lipinski definition) is 4. The van der Waals surface area contributed by atoms with E-state index in [1.807, 2.05) is 16.8 Å². The number of benzene rings is 1. The van der Waals surface area contributed by atoms with E-state index in [1.165, 1.54) is 18.2 Å². The normalized spacial score (nSPS) is 11.2. The van der Waals surface area contributed by atoms with E-state index in [0.717, 1.165) is 0 Å². The number of aryl methyl sites for hydroxylation is 1. The summed E-state index contributed by atoms with van der Waals surface area (Å²) in [5.41, 5.74) is 0.246. The second-order valence-corrected chi connectivity index (χ2v) is 6.48. The molecule has 0 atom stereocenters. The van der Waals surface area contributed by atoms with E-state index in [9.17, 15) is 8.42 Å². The summed E-state index contributed by atoms with van der Waals surface area (Å²) in [6, 6.07) is 5.92. The Labute approximate surface area is 128 Å². The van der Waals surface area contributed by atoms with Crippen LogP contribution in [0.1, 0.15) is 12.0 Å². The Balaban J connectivity index is 1.95. The molecule has 1 heterocycles. The van der Waals surface area contributed by atoms with Gasteiger partial charge >= 0.3 is 0 Å². The van der Waals surface area contributed by atoms with Crippen LogP contribution in [0.25, 0.3) is 0 Å². The molecule has 0 bridgehead atoms. The first-order chi connectivity index (χ1) is 10.0. The van der Waals surface area contributed by atoms with Gasteiger partial charge in [-0.15, -0.1) is 0 Å². The molecule has 0 radical (unpaired) electrons. The van der Waals surface area contributed by atoms with Crippen LogP contribution in [-0.4, -0.2) is 24.5 Å². The van der Waals surface area contributed by atoms with E-state index < -0.39 is 10.0 Å². The summed E-state index contributed by atoms with van der Waals surface area (Å²) in [4.78, 5) is 3.96. The van der Waals surface area contributed by atoms with E-state index >= 15 is 0 Å². The predicted octanol–water partition coefficient (Wildman–Crippen LogP) is 1.78. The summed E-state index contributed by atoms with van der Waals surface area (Å²) < 4.78 is 28.5. The molecule has 0 aliphatic carbocycles. The average Bonchev–Trinajstić information content (AvgIpc) is 2.97. The largest absolute Gasteiger partial charge is 0.337 e. The molecular formula is C13H13ClN4O2S. The predicted molar refractivity (Wildman–Crippen MR) is 78.2 cm³/mol. The molecule has 0 spiro atoms. The molecule has 0 aliphatic heterocycles. The van der Waals surface area contributed by atoms with Crippen molar-refractivity contribution >= 4 is 21.6 Å². The quantitative estimate of drug-likeness (QED) is 0.820. The van der Waals surface area contributed by atoms with Crippen molar-refractivity contribution in [2.75, 3.05) is 6.54 Å². The maximum absolute atomic E-state index is 12.1. The topological polar surface area (TPSA) is 87.8 Å². The highest BCUT2D eigenvalue weighted by Crippen LogP contribution is 2.19. The van der Waals surface area contributed by atoms with Crippen molar-refractivity contribution in [2.24, 2.45) is 0 Å². The number of nitrogens with zero attached hydrogens (tertiary/aromatic N) is 3. The van der Waals surface area contributed by atoms with Crippen molar-refractivity contribution < 1.29 is 8.42 Å². The molecule has 1 aromatic carbocycles. The van der Waals surface area contributed by atoms with Crippen LogP contribution in [0.15, 0.2) is 41.8 Å². The lowest BCUT2D eigenvalue weighted by atomic mass is 10.2. The Bertz CT molecular complexity index is 751. The van der Waals surface area contributed by atoms with Crippen molar-refractivity contribution in [3.8, 4) is 6.07 Å². The third kappa shape index (κ3) is 4.04. The molecule has 0 amide bonds. The smallest absolute Gasteiger partial charge is 0.240 e. The molecule has 1 N–H and O–H groups in total. The lowest BCUT2D eigenvalue weighted by molar-refractivity contribution is 0.570. The fourth-order valence-electron chi connectivity index (χ4n) is 1.72. The van der Waals surface area contributed by atoms with E-state index in [1.54, 1.807) is 12.5 Å². The zero-order valence-electron chi connectivity index (χ0n) is 11.0. The van der Waals surface area contributed by atoms with Crippen molar-refractivity contribution in [3.63, 3.8) is 0 Å². The van der Waals surface area contributed by atoms with Gasteiger partial charge in [-0.2, -0.15) is 5.26 Å². The SMILES string of the molecule is N#Cc1ccc(S(=O)(=O)NCCCn2ccnc2)cc1Cl. The van der Waals surface area contributed by atoms with Gasteiger partial charge in [0.05, 0.1) is 21.8 Å². The Morgan fingerprint density at radius 2 is 2.24 bits per heavy atom. The first-order valence-corrected chi connectivity index (χ1v) is 8.04. The zero-order valence-corrected chi connectivity index (χ0v) is 12.6. The number of rotatable bonds is 6. The van der Waals surface area contributed by atoms with E-state index in [4.69, 9.17) is 16.9 Å². The van der Waals surface area contributed by atoms with Gasteiger partial charge in [-0.1, -0.05) is 11.6 Å². The highest BCUT2D eigenvalue weighted by molar-refractivity contribution is 7.89. The van der Waals surface area contributed by atoms with Crippen LogP contribution in [0.4, 0.5) is 0 Å². The van der Waals surface area contributed by atoms with Crippen LogP contribution >= 0.6 is 11.6 Å². The minimum absolute atomic E-state index is 0.0501. The van der Waals surface area contributed by atoms with Gasteiger partial charge in [-0.05, 0) is 24.6 Å². The number of imidazole rings is 1. The minimum Gasteiger partial charge on any atom is -0.337 e. The zero-order chi connectivity index (χ0) is 15.3. The van der Waals surface area contributed by atoms with Gasteiger partial charge in [0, 0.05) is 25.5 Å². The van der Waals surface area contributed by atoms with Gasteiger partial charge in [-0.25, -0.2) is 18.1 Å². The lowest BCUT2D eigenvalue weighted by Gasteiger charge is -2.08. The van der Waals surface area contributed by atoms with Gasteiger partial charge in [0.15, 0.2) is 0 Å². The van der Waals surface area contributed by atoms with Crippen LogP contribution in [0.3, 0.4) is 0 Å². The Kier molecular flexibility index (Phi) is 4.96. The molecule has 6 nitrogen and oxygen atoms in total.